The van der Waals surface area contributed by atoms with Crippen LogP contribution in [0.5, 0.6) is 17.6 Å². The molecule has 0 saturated heterocycles. The number of esters is 2. The summed E-state index contributed by atoms with van der Waals surface area (Å²) in [5.74, 6) is -2.06. The number of sulfone groups is 1. The second-order valence-electron chi connectivity index (χ2n) is 25.2. The summed E-state index contributed by atoms with van der Waals surface area (Å²) in [6.07, 6.45) is 6.41. The monoisotopic (exact) mass is 1520 g/mol. The van der Waals surface area contributed by atoms with Crippen LogP contribution in [0.2, 0.25) is 0 Å². The number of aromatic amines is 1. The number of amides is 4. The van der Waals surface area contributed by atoms with Crippen molar-refractivity contribution in [1.29, 1.82) is 0 Å². The van der Waals surface area contributed by atoms with Crippen LogP contribution in [-0.4, -0.2) is 154 Å². The Labute approximate surface area is 611 Å². The summed E-state index contributed by atoms with van der Waals surface area (Å²) in [5, 5.41) is 11.5. The molecule has 3 aromatic heterocycles. The van der Waals surface area contributed by atoms with Crippen LogP contribution in [0.15, 0.2) is 133 Å². The van der Waals surface area contributed by atoms with E-state index in [0.717, 1.165) is 61.8 Å². The average Bonchev–Trinajstić information content (AvgIpc) is 1.64. The van der Waals surface area contributed by atoms with Crippen molar-refractivity contribution in [2.75, 3.05) is 52.7 Å². The summed E-state index contributed by atoms with van der Waals surface area (Å²) in [4.78, 5) is 115. The van der Waals surface area contributed by atoms with E-state index in [4.69, 9.17) is 23.8 Å². The summed E-state index contributed by atoms with van der Waals surface area (Å²) < 4.78 is 108. The van der Waals surface area contributed by atoms with E-state index >= 15 is 0 Å². The molecule has 11 rings (SSSR count). The highest BCUT2D eigenvalue weighted by Crippen LogP contribution is 2.37. The summed E-state index contributed by atoms with van der Waals surface area (Å²) in [6, 6.07) is 23.1. The number of urea groups is 1. The highest BCUT2D eigenvalue weighted by Gasteiger charge is 2.34. The van der Waals surface area contributed by atoms with Crippen molar-refractivity contribution < 1.29 is 82.5 Å². The fourth-order valence-electron chi connectivity index (χ4n) is 10.9. The number of rotatable bonds is 19. The van der Waals surface area contributed by atoms with Crippen molar-refractivity contribution in [3.05, 3.63) is 185 Å². The third-order valence-corrected chi connectivity index (χ3v) is 20.2. The number of oxime groups is 1. The quantitative estimate of drug-likeness (QED) is 0.0415. The van der Waals surface area contributed by atoms with E-state index in [-0.39, 0.29) is 79.1 Å². The number of aromatic nitrogens is 7. The van der Waals surface area contributed by atoms with Crippen LogP contribution in [0.25, 0.3) is 11.1 Å². The van der Waals surface area contributed by atoms with Crippen LogP contribution >= 0.6 is 0 Å². The highest BCUT2D eigenvalue weighted by atomic mass is 32.2. The number of hydrogen-bond acceptors (Lipinski definition) is 24. The molecule has 4 amide bonds. The lowest BCUT2D eigenvalue weighted by atomic mass is 9.91. The summed E-state index contributed by atoms with van der Waals surface area (Å²) in [5.41, 5.74) is 5.37. The van der Waals surface area contributed by atoms with Gasteiger partial charge in [-0.3, -0.25) is 38.8 Å². The van der Waals surface area contributed by atoms with Crippen molar-refractivity contribution in [3.63, 3.8) is 0 Å². The van der Waals surface area contributed by atoms with Crippen LogP contribution < -0.4 is 45.4 Å². The number of sulfonamides is 2. The summed E-state index contributed by atoms with van der Waals surface area (Å²) in [6.45, 7) is 17.1. The van der Waals surface area contributed by atoms with Crippen LogP contribution in [-0.2, 0) is 82.0 Å². The van der Waals surface area contributed by atoms with Gasteiger partial charge in [0.05, 0.1) is 79.7 Å². The number of H-pyrrole nitrogens is 1. The molecular formula is C71H82N12O20S3. The largest absolute Gasteiger partial charge is 0.496 e. The van der Waals surface area contributed by atoms with Gasteiger partial charge in [-0.1, -0.05) is 61.0 Å². The maximum atomic E-state index is 13.5. The Morgan fingerprint density at radius 2 is 1.30 bits per heavy atom. The molecule has 1 saturated carbocycles. The standard InChI is InChI=1S/C23H32N2O4.C18H18N2O5S.C16H17N3O5S.C14H15N5O6S/c1-7-16-13-15(3)14-17(8-2)18(16)19-20(26)24-9-11-28-12-10-25(24)21(19)29-22(27)23(4,5)6;1-25-16-5-3-2-4-15(16)18(22)20-26(23,24)14-10-6-12(7-11-14)17(21)19-13-8-9-13;1-9-10(15(20)11-8-17-19(2)16(11)21)4-5-13(25(3,22)23)14(9)12-6-7-24-18-12;1-8-15-12(18-14(16-8)25-3)17-13(21)19-26(22,23)10-7-5-4-6-9(10)11(20)24-2/h13-14H,7-12H2,1-6H3;2-7,10-11,13H,8-9H2,1H3,(H,19,21)(H,20,22);4-5,8,17H,6-7H2,1-3H3;4-7H,1-3H3,(H2,15,16,17,18,19,21). The van der Waals surface area contributed by atoms with Gasteiger partial charge in [-0.05, 0) is 150 Å². The Balaban J connectivity index is 0.000000179. The molecule has 0 atom stereocenters. The van der Waals surface area contributed by atoms with Crippen LogP contribution in [0, 0.1) is 26.2 Å². The second-order valence-corrected chi connectivity index (χ2v) is 30.5. The number of nitrogens with zero attached hydrogens (tertiary/aromatic N) is 7. The maximum Gasteiger partial charge on any atom is 0.339 e. The molecule has 5 aromatic carbocycles. The summed E-state index contributed by atoms with van der Waals surface area (Å²) in [7, 11) is -6.61. The van der Waals surface area contributed by atoms with Gasteiger partial charge in [-0.15, -0.1) is 0 Å². The number of benzene rings is 5. The average molecular weight is 1520 g/mol. The topological polar surface area (TPSA) is 424 Å². The zero-order valence-corrected chi connectivity index (χ0v) is 62.9. The van der Waals surface area contributed by atoms with Gasteiger partial charge < -0.3 is 38.9 Å². The Bertz CT molecular complexity index is 5180. The fourth-order valence-corrected chi connectivity index (χ4v) is 13.9. The first-order valence-electron chi connectivity index (χ1n) is 33.0. The number of aryl methyl sites for hydroxylation is 5. The lowest BCUT2D eigenvalue weighted by Crippen LogP contribution is -2.35. The van der Waals surface area contributed by atoms with Gasteiger partial charge in [0, 0.05) is 48.7 Å². The van der Waals surface area contributed by atoms with Crippen LogP contribution in [0.3, 0.4) is 0 Å². The van der Waals surface area contributed by atoms with E-state index in [0.29, 0.717) is 73.2 Å². The Hall–Kier alpha value is -11.2. The van der Waals surface area contributed by atoms with E-state index in [9.17, 15) is 63.6 Å². The number of ether oxygens (including phenoxy) is 5. The Kier molecular flexibility index (Phi) is 26.0. The number of hydrogen-bond donors (Lipinski definition) is 5. The minimum Gasteiger partial charge on any atom is -0.496 e. The molecular weight excluding hydrogens is 1440 g/mol. The van der Waals surface area contributed by atoms with E-state index in [2.05, 4.69) is 73.5 Å². The lowest BCUT2D eigenvalue weighted by Gasteiger charge is -2.19. The van der Waals surface area contributed by atoms with E-state index in [1.54, 1.807) is 39.2 Å². The van der Waals surface area contributed by atoms with E-state index < -0.39 is 69.4 Å². The van der Waals surface area contributed by atoms with Gasteiger partial charge in [0.15, 0.2) is 15.6 Å². The number of anilines is 1. The molecule has 5 heterocycles. The number of carbonyl (C=O) groups excluding carboxylic acids is 6. The normalized spacial score (nSPS) is 13.3. The number of methoxy groups -OCH3 is 3. The first kappa shape index (κ1) is 80.5. The minimum atomic E-state index is -4.36. The molecule has 0 spiro atoms. The third kappa shape index (κ3) is 19.4. The van der Waals surface area contributed by atoms with Crippen molar-refractivity contribution in [3.8, 4) is 28.8 Å². The minimum absolute atomic E-state index is 0.00623. The molecule has 0 radical (unpaired) electrons. The number of ketones is 1. The van der Waals surface area contributed by atoms with Gasteiger partial charge >= 0.3 is 24.0 Å². The number of fused-ring (bicyclic) bond motifs is 1. The van der Waals surface area contributed by atoms with Crippen molar-refractivity contribution in [2.24, 2.45) is 17.6 Å². The van der Waals surface area contributed by atoms with Crippen LogP contribution in [0.1, 0.15) is 135 Å². The zero-order chi connectivity index (χ0) is 77.8. The Morgan fingerprint density at radius 1 is 0.670 bits per heavy atom. The zero-order valence-electron chi connectivity index (χ0n) is 60.5. The SMILES string of the molecule is CCc1cc(C)cc(CC)c1-c1c(OC(=O)C(C)(C)C)n2n(c1=O)CCOCC2.COC(=O)c1ccccc1S(=O)(=O)NC(=O)Nc1nc(C)nc(OC)n1.COc1ccccc1C(=O)NS(=O)(=O)c1ccc(C(=O)NC2CC2)cc1.Cc1c(C(=O)c2c[nH]n(C)c2=O)ccc(S(C)(=O)=O)c1C1=NOCC1. The molecule has 3 aliphatic rings. The van der Waals surface area contributed by atoms with Gasteiger partial charge in [-0.2, -0.15) is 15.0 Å². The highest BCUT2D eigenvalue weighted by molar-refractivity contribution is 7.91. The smallest absolute Gasteiger partial charge is 0.339 e. The lowest BCUT2D eigenvalue weighted by molar-refractivity contribution is -0.143. The predicted octanol–water partition coefficient (Wildman–Crippen LogP) is 6.70. The number of para-hydroxylation sites is 1. The number of nitrogens with one attached hydrogen (secondary N) is 5. The molecule has 0 bridgehead atoms. The molecule has 1 fully saturated rings. The molecule has 8 aromatic rings. The molecule has 2 aliphatic heterocycles. The molecule has 35 heteroatoms. The van der Waals surface area contributed by atoms with Gasteiger partial charge in [0.1, 0.15) is 34.2 Å². The molecule has 1 aliphatic carbocycles. The second kappa shape index (κ2) is 34.2. The first-order valence-corrected chi connectivity index (χ1v) is 37.9. The van der Waals surface area contributed by atoms with E-state index in [1.165, 1.54) is 105 Å². The van der Waals surface area contributed by atoms with Gasteiger partial charge in [0.2, 0.25) is 11.8 Å². The van der Waals surface area contributed by atoms with Crippen molar-refractivity contribution in [1.82, 2.24) is 48.9 Å². The van der Waals surface area contributed by atoms with Crippen molar-refractivity contribution in [2.45, 2.75) is 121 Å². The maximum absolute atomic E-state index is 13.5. The van der Waals surface area contributed by atoms with Gasteiger partial charge in [0.25, 0.3) is 43.0 Å². The Morgan fingerprint density at radius 3 is 1.87 bits per heavy atom. The van der Waals surface area contributed by atoms with Crippen LogP contribution in [0.4, 0.5) is 10.7 Å². The number of carbonyl (C=O) groups is 6. The first-order chi connectivity index (χ1) is 50.1. The van der Waals surface area contributed by atoms with Gasteiger partial charge in [-0.25, -0.2) is 53.7 Å². The predicted molar refractivity (Wildman–Crippen MR) is 387 cm³/mol. The molecule has 0 unspecified atom stereocenters. The van der Waals surface area contributed by atoms with Crippen molar-refractivity contribution >= 4 is 77.1 Å². The third-order valence-electron chi connectivity index (χ3n) is 16.4. The molecule has 32 nitrogen and oxygen atoms in total. The molecule has 5 N–H and O–H groups in total. The molecule has 564 valence electrons. The fraction of sp³-hybridized carbons (Fsp3) is 0.352. The molecule has 106 heavy (non-hydrogen) atoms. The summed E-state index contributed by atoms with van der Waals surface area (Å²) >= 11 is 0. The van der Waals surface area contributed by atoms with E-state index in [1.807, 2.05) is 25.5 Å².